The molecule has 0 saturated carbocycles. The van der Waals surface area contributed by atoms with E-state index in [-0.39, 0.29) is 17.9 Å². The van der Waals surface area contributed by atoms with Crippen LogP contribution < -0.4 is 10.6 Å². The van der Waals surface area contributed by atoms with Gasteiger partial charge in [0.15, 0.2) is 0 Å². The van der Waals surface area contributed by atoms with E-state index in [4.69, 9.17) is 4.74 Å². The molecule has 0 saturated heterocycles. The molecule has 0 aromatic heterocycles. The first-order chi connectivity index (χ1) is 11.5. The zero-order valence-corrected chi connectivity index (χ0v) is 13.5. The third-order valence-corrected chi connectivity index (χ3v) is 3.15. The van der Waals surface area contributed by atoms with E-state index < -0.39 is 17.8 Å². The van der Waals surface area contributed by atoms with Crippen molar-refractivity contribution in [3.05, 3.63) is 59.7 Å². The fraction of sp³-hybridized carbons (Fsp3) is 0.167. The molecule has 0 radical (unpaired) electrons. The Balaban J connectivity index is 2.09. The number of benzene rings is 2. The predicted molar refractivity (Wildman–Crippen MR) is 90.8 cm³/mol. The van der Waals surface area contributed by atoms with E-state index in [2.05, 4.69) is 10.6 Å². The van der Waals surface area contributed by atoms with Crippen molar-refractivity contribution in [1.82, 2.24) is 0 Å². The van der Waals surface area contributed by atoms with E-state index in [1.807, 2.05) is 13.0 Å². The minimum Gasteiger partial charge on any atom is -0.462 e. The molecular weight excluding hydrogens is 308 g/mol. The van der Waals surface area contributed by atoms with Gasteiger partial charge in [0.1, 0.15) is 0 Å². The van der Waals surface area contributed by atoms with Crippen molar-refractivity contribution < 1.29 is 19.1 Å². The third-order valence-electron chi connectivity index (χ3n) is 3.15. The molecule has 0 atom stereocenters. The number of nitrogens with one attached hydrogen (secondary N) is 2. The van der Waals surface area contributed by atoms with Crippen LogP contribution in [0.15, 0.2) is 48.5 Å². The summed E-state index contributed by atoms with van der Waals surface area (Å²) in [5.74, 6) is -2.25. The van der Waals surface area contributed by atoms with Crippen LogP contribution in [0.25, 0.3) is 0 Å². The fourth-order valence-electron chi connectivity index (χ4n) is 2.07. The number of rotatable bonds is 4. The first kappa shape index (κ1) is 17.2. The molecular formula is C18H18N2O4. The molecule has 24 heavy (non-hydrogen) atoms. The molecule has 0 aliphatic rings. The third kappa shape index (κ3) is 4.42. The SMILES string of the molecule is CCOC(=O)c1ccccc1NC(=O)C(=O)Nc1cccc(C)c1. The van der Waals surface area contributed by atoms with Gasteiger partial charge in [-0.05, 0) is 43.7 Å². The second-order valence-electron chi connectivity index (χ2n) is 5.04. The van der Waals surface area contributed by atoms with Gasteiger partial charge in [-0.1, -0.05) is 24.3 Å². The van der Waals surface area contributed by atoms with E-state index in [9.17, 15) is 14.4 Å². The summed E-state index contributed by atoms with van der Waals surface area (Å²) in [5.41, 5.74) is 1.89. The topological polar surface area (TPSA) is 84.5 Å². The maximum Gasteiger partial charge on any atom is 0.340 e. The minimum atomic E-state index is -0.867. The lowest BCUT2D eigenvalue weighted by atomic mass is 10.1. The standard InChI is InChI=1S/C18H18N2O4/c1-3-24-18(23)14-9-4-5-10-15(14)20-17(22)16(21)19-13-8-6-7-12(2)11-13/h4-11H,3H2,1-2H3,(H,19,21)(H,20,22). The molecule has 124 valence electrons. The van der Waals surface area contributed by atoms with Crippen LogP contribution in [-0.2, 0) is 14.3 Å². The first-order valence-corrected chi connectivity index (χ1v) is 7.46. The van der Waals surface area contributed by atoms with Crippen molar-refractivity contribution in [3.63, 3.8) is 0 Å². The number of esters is 1. The molecule has 0 bridgehead atoms. The number of ether oxygens (including phenoxy) is 1. The van der Waals surface area contributed by atoms with Crippen LogP contribution in [0.5, 0.6) is 0 Å². The minimum absolute atomic E-state index is 0.191. The lowest BCUT2D eigenvalue weighted by Gasteiger charge is -2.10. The average molecular weight is 326 g/mol. The van der Waals surface area contributed by atoms with Crippen molar-refractivity contribution in [2.75, 3.05) is 17.2 Å². The molecule has 0 aliphatic carbocycles. The first-order valence-electron chi connectivity index (χ1n) is 7.46. The van der Waals surface area contributed by atoms with Gasteiger partial charge in [0.25, 0.3) is 0 Å². The van der Waals surface area contributed by atoms with E-state index in [0.29, 0.717) is 5.69 Å². The largest absolute Gasteiger partial charge is 0.462 e. The Morgan fingerprint density at radius 1 is 0.958 bits per heavy atom. The van der Waals surface area contributed by atoms with E-state index in [1.54, 1.807) is 37.3 Å². The van der Waals surface area contributed by atoms with Crippen LogP contribution in [0.3, 0.4) is 0 Å². The van der Waals surface area contributed by atoms with E-state index >= 15 is 0 Å². The summed E-state index contributed by atoms with van der Waals surface area (Å²) in [4.78, 5) is 35.9. The highest BCUT2D eigenvalue weighted by molar-refractivity contribution is 6.43. The second-order valence-corrected chi connectivity index (χ2v) is 5.04. The molecule has 0 aliphatic heterocycles. The van der Waals surface area contributed by atoms with Gasteiger partial charge in [0.05, 0.1) is 17.9 Å². The maximum atomic E-state index is 12.1. The van der Waals surface area contributed by atoms with Gasteiger partial charge in [-0.3, -0.25) is 9.59 Å². The highest BCUT2D eigenvalue weighted by atomic mass is 16.5. The Hall–Kier alpha value is -3.15. The Bertz CT molecular complexity index is 771. The number of hydrogen-bond donors (Lipinski definition) is 2. The van der Waals surface area contributed by atoms with E-state index in [1.165, 1.54) is 12.1 Å². The number of carbonyl (C=O) groups is 3. The van der Waals surface area contributed by atoms with E-state index in [0.717, 1.165) is 5.56 Å². The van der Waals surface area contributed by atoms with Crippen LogP contribution in [0.1, 0.15) is 22.8 Å². The van der Waals surface area contributed by atoms with Gasteiger partial charge >= 0.3 is 17.8 Å². The Morgan fingerprint density at radius 3 is 2.38 bits per heavy atom. The molecule has 0 spiro atoms. The fourth-order valence-corrected chi connectivity index (χ4v) is 2.07. The number of carbonyl (C=O) groups excluding carboxylic acids is 3. The van der Waals surface area contributed by atoms with Crippen LogP contribution in [0, 0.1) is 6.92 Å². The zero-order valence-electron chi connectivity index (χ0n) is 13.5. The number of anilines is 2. The maximum absolute atomic E-state index is 12.1. The Morgan fingerprint density at radius 2 is 1.67 bits per heavy atom. The summed E-state index contributed by atoms with van der Waals surface area (Å²) in [6.07, 6.45) is 0. The molecule has 2 aromatic carbocycles. The quantitative estimate of drug-likeness (QED) is 0.668. The van der Waals surface area contributed by atoms with Crippen molar-refractivity contribution in [2.24, 2.45) is 0 Å². The van der Waals surface area contributed by atoms with Gasteiger partial charge in [-0.25, -0.2) is 4.79 Å². The summed E-state index contributed by atoms with van der Waals surface area (Å²) >= 11 is 0. The molecule has 6 heteroatoms. The van der Waals surface area contributed by atoms with Gasteiger partial charge < -0.3 is 15.4 Å². The lowest BCUT2D eigenvalue weighted by Crippen LogP contribution is -2.29. The molecule has 6 nitrogen and oxygen atoms in total. The molecule has 2 aromatic rings. The lowest BCUT2D eigenvalue weighted by molar-refractivity contribution is -0.133. The molecule has 0 heterocycles. The molecule has 0 fully saturated rings. The summed E-state index contributed by atoms with van der Waals surface area (Å²) in [6, 6.07) is 13.4. The van der Waals surface area contributed by atoms with Crippen LogP contribution in [0.2, 0.25) is 0 Å². The van der Waals surface area contributed by atoms with Crippen molar-refractivity contribution >= 4 is 29.2 Å². The van der Waals surface area contributed by atoms with Gasteiger partial charge in [0, 0.05) is 5.69 Å². The predicted octanol–water partition coefficient (Wildman–Crippen LogP) is 2.75. The number of amides is 2. The summed E-state index contributed by atoms with van der Waals surface area (Å²) in [7, 11) is 0. The summed E-state index contributed by atoms with van der Waals surface area (Å²) in [6.45, 7) is 3.79. The normalized spacial score (nSPS) is 9.92. The Kier molecular flexibility index (Phi) is 5.68. The smallest absolute Gasteiger partial charge is 0.340 e. The summed E-state index contributed by atoms with van der Waals surface area (Å²) in [5, 5.41) is 4.94. The van der Waals surface area contributed by atoms with Crippen molar-refractivity contribution in [3.8, 4) is 0 Å². The highest BCUT2D eigenvalue weighted by Gasteiger charge is 2.18. The highest BCUT2D eigenvalue weighted by Crippen LogP contribution is 2.16. The van der Waals surface area contributed by atoms with Crippen molar-refractivity contribution in [2.45, 2.75) is 13.8 Å². The average Bonchev–Trinajstić information content (AvgIpc) is 2.55. The summed E-state index contributed by atoms with van der Waals surface area (Å²) < 4.78 is 4.93. The van der Waals surface area contributed by atoms with Crippen LogP contribution in [-0.4, -0.2) is 24.4 Å². The zero-order chi connectivity index (χ0) is 17.5. The second kappa shape index (κ2) is 7.92. The van der Waals surface area contributed by atoms with Crippen LogP contribution in [0.4, 0.5) is 11.4 Å². The number of aryl methyl sites for hydroxylation is 1. The molecule has 2 N–H and O–H groups in total. The van der Waals surface area contributed by atoms with Gasteiger partial charge in [0.2, 0.25) is 0 Å². The number of hydrogen-bond acceptors (Lipinski definition) is 4. The molecule has 0 unspecified atom stereocenters. The Labute approximate surface area is 139 Å². The monoisotopic (exact) mass is 326 g/mol. The number of para-hydroxylation sites is 1. The van der Waals surface area contributed by atoms with Crippen LogP contribution >= 0.6 is 0 Å². The molecule has 2 amide bonds. The molecule has 2 rings (SSSR count). The van der Waals surface area contributed by atoms with Crippen molar-refractivity contribution in [1.29, 1.82) is 0 Å². The van der Waals surface area contributed by atoms with Gasteiger partial charge in [-0.15, -0.1) is 0 Å². The van der Waals surface area contributed by atoms with Gasteiger partial charge in [-0.2, -0.15) is 0 Å².